The molecule has 1 saturated heterocycles. The van der Waals surface area contributed by atoms with Crippen LogP contribution in [0.15, 0.2) is 53.5 Å². The second-order valence-corrected chi connectivity index (χ2v) is 8.60. The van der Waals surface area contributed by atoms with E-state index in [1.807, 2.05) is 0 Å². The fourth-order valence-electron chi connectivity index (χ4n) is 3.44. The smallest absolute Gasteiger partial charge is 0.414 e. The standard InChI is InChI=1S/C24H27N7O9/c1-15(21(32)27-18-10-11-25-12-18)26-22(28-23(33)39-13-16-2-6-19(7-3-16)30(35)36)29-24(34)40-14-17-4-8-20(9-5-17)31(37)38/h2-9,15,18,25H,10-14H2,1H3,(H,27,32)(H2,26,28,29,33,34)/t15-,18-/m0/s1. The molecule has 1 aliphatic rings. The SMILES string of the molecule is C[C@H](N=C(NC(=O)OCc1ccc([N+](=O)[O-])cc1)NC(=O)OCc1ccc([N+](=O)[O-])cc1)C(=O)N[C@H]1CCNC1. The molecule has 1 aliphatic heterocycles. The van der Waals surface area contributed by atoms with Gasteiger partial charge in [0, 0.05) is 36.9 Å². The number of carbonyl (C=O) groups excluding carboxylic acids is 3. The van der Waals surface area contributed by atoms with Crippen molar-refractivity contribution in [2.75, 3.05) is 13.1 Å². The largest absolute Gasteiger partial charge is 0.444 e. The maximum atomic E-state index is 12.5. The molecule has 3 amide bonds. The normalized spacial score (nSPS) is 14.8. The maximum Gasteiger partial charge on any atom is 0.414 e. The van der Waals surface area contributed by atoms with E-state index in [1.54, 1.807) is 0 Å². The molecule has 1 heterocycles. The molecular formula is C24H27N7O9. The first kappa shape index (κ1) is 29.4. The quantitative estimate of drug-likeness (QED) is 0.152. The number of non-ortho nitro benzene ring substituents is 2. The Kier molecular flexibility index (Phi) is 10.4. The van der Waals surface area contributed by atoms with Crippen molar-refractivity contribution in [2.24, 2.45) is 4.99 Å². The predicted octanol–water partition coefficient (Wildman–Crippen LogP) is 1.88. The van der Waals surface area contributed by atoms with Gasteiger partial charge in [0.2, 0.25) is 11.9 Å². The first-order valence-corrected chi connectivity index (χ1v) is 12.0. The summed E-state index contributed by atoms with van der Waals surface area (Å²) in [6.07, 6.45) is -1.31. The van der Waals surface area contributed by atoms with Crippen molar-refractivity contribution in [3.63, 3.8) is 0 Å². The van der Waals surface area contributed by atoms with E-state index in [1.165, 1.54) is 55.5 Å². The number of nitrogens with one attached hydrogen (secondary N) is 4. The Morgan fingerprint density at radius 3 is 1.80 bits per heavy atom. The number of aliphatic imine (C=N–C) groups is 1. The van der Waals surface area contributed by atoms with Gasteiger partial charge in [-0.3, -0.25) is 35.7 Å². The minimum absolute atomic E-state index is 0.0761. The summed E-state index contributed by atoms with van der Waals surface area (Å²) < 4.78 is 10.2. The molecule has 0 aromatic heterocycles. The Bertz CT molecular complexity index is 1180. The Labute approximate surface area is 227 Å². The molecular weight excluding hydrogens is 530 g/mol. The number of alkyl carbamates (subject to hydrolysis) is 2. The highest BCUT2D eigenvalue weighted by molar-refractivity contribution is 6.02. The topological polar surface area (TPSA) is 216 Å². The molecule has 0 bridgehead atoms. The van der Waals surface area contributed by atoms with E-state index in [9.17, 15) is 34.6 Å². The first-order chi connectivity index (χ1) is 19.1. The van der Waals surface area contributed by atoms with Crippen LogP contribution in [-0.4, -0.2) is 59.1 Å². The monoisotopic (exact) mass is 557 g/mol. The van der Waals surface area contributed by atoms with Crippen molar-refractivity contribution < 1.29 is 33.7 Å². The Morgan fingerprint density at radius 2 is 1.40 bits per heavy atom. The summed E-state index contributed by atoms with van der Waals surface area (Å²) in [6.45, 7) is 2.35. The van der Waals surface area contributed by atoms with E-state index in [-0.39, 0.29) is 30.6 Å². The number of nitro benzene ring substituents is 2. The molecule has 0 unspecified atom stereocenters. The van der Waals surface area contributed by atoms with Crippen molar-refractivity contribution in [1.29, 1.82) is 0 Å². The molecule has 0 radical (unpaired) electrons. The van der Waals surface area contributed by atoms with Crippen molar-refractivity contribution in [1.82, 2.24) is 21.3 Å². The number of nitro groups is 2. The molecule has 4 N–H and O–H groups in total. The van der Waals surface area contributed by atoms with E-state index in [4.69, 9.17) is 9.47 Å². The number of hydrogen-bond acceptors (Lipinski definition) is 11. The van der Waals surface area contributed by atoms with Crippen LogP contribution in [0.1, 0.15) is 24.5 Å². The molecule has 0 saturated carbocycles. The van der Waals surface area contributed by atoms with Crippen molar-refractivity contribution >= 4 is 35.4 Å². The van der Waals surface area contributed by atoms with Crippen LogP contribution in [0.3, 0.4) is 0 Å². The number of nitrogens with zero attached hydrogens (tertiary/aromatic N) is 3. The van der Waals surface area contributed by atoms with Gasteiger partial charge in [0.15, 0.2) is 0 Å². The lowest BCUT2D eigenvalue weighted by molar-refractivity contribution is -0.385. The number of carbonyl (C=O) groups is 3. The van der Waals surface area contributed by atoms with Gasteiger partial charge in [-0.05, 0) is 55.3 Å². The van der Waals surface area contributed by atoms with E-state index in [0.717, 1.165) is 13.0 Å². The first-order valence-electron chi connectivity index (χ1n) is 12.0. The highest BCUT2D eigenvalue weighted by Gasteiger charge is 2.22. The summed E-state index contributed by atoms with van der Waals surface area (Å²) in [6, 6.07) is 9.60. The van der Waals surface area contributed by atoms with E-state index >= 15 is 0 Å². The van der Waals surface area contributed by atoms with Gasteiger partial charge >= 0.3 is 12.2 Å². The molecule has 16 heteroatoms. The minimum Gasteiger partial charge on any atom is -0.444 e. The van der Waals surface area contributed by atoms with Gasteiger partial charge in [-0.25, -0.2) is 14.6 Å². The highest BCUT2D eigenvalue weighted by atomic mass is 16.6. The lowest BCUT2D eigenvalue weighted by Crippen LogP contribution is -2.47. The van der Waals surface area contributed by atoms with Crippen LogP contribution >= 0.6 is 0 Å². The Hall–Kier alpha value is -5.12. The number of rotatable bonds is 9. The summed E-state index contributed by atoms with van der Waals surface area (Å²) in [7, 11) is 0. The van der Waals surface area contributed by atoms with Gasteiger partial charge < -0.3 is 20.1 Å². The molecule has 0 spiro atoms. The number of ether oxygens (including phenoxy) is 2. The summed E-state index contributed by atoms with van der Waals surface area (Å²) in [5.41, 5.74) is 0.680. The van der Waals surface area contributed by atoms with Gasteiger partial charge in [-0.2, -0.15) is 0 Å². The van der Waals surface area contributed by atoms with Crippen LogP contribution in [-0.2, 0) is 27.5 Å². The van der Waals surface area contributed by atoms with Crippen LogP contribution in [0.2, 0.25) is 0 Å². The molecule has 212 valence electrons. The molecule has 40 heavy (non-hydrogen) atoms. The third kappa shape index (κ3) is 9.32. The van der Waals surface area contributed by atoms with E-state index < -0.39 is 39.9 Å². The molecule has 3 rings (SSSR count). The Morgan fingerprint density at radius 1 is 0.925 bits per heavy atom. The second kappa shape index (κ2) is 14.1. The average molecular weight is 558 g/mol. The van der Waals surface area contributed by atoms with Gasteiger partial charge in [0.05, 0.1) is 9.85 Å². The number of benzene rings is 2. The third-order valence-corrected chi connectivity index (χ3v) is 5.58. The van der Waals surface area contributed by atoms with Gasteiger partial charge in [-0.15, -0.1) is 0 Å². The minimum atomic E-state index is -1.03. The van der Waals surface area contributed by atoms with Crippen LogP contribution in [0.25, 0.3) is 0 Å². The molecule has 2 aromatic carbocycles. The van der Waals surface area contributed by atoms with Gasteiger partial charge in [0.1, 0.15) is 19.3 Å². The lowest BCUT2D eigenvalue weighted by Gasteiger charge is -2.16. The van der Waals surface area contributed by atoms with Crippen LogP contribution in [0.4, 0.5) is 21.0 Å². The molecule has 16 nitrogen and oxygen atoms in total. The molecule has 2 aromatic rings. The van der Waals surface area contributed by atoms with Crippen molar-refractivity contribution in [2.45, 2.75) is 38.6 Å². The average Bonchev–Trinajstić information content (AvgIpc) is 3.44. The predicted molar refractivity (Wildman–Crippen MR) is 139 cm³/mol. The molecule has 1 fully saturated rings. The number of amides is 3. The maximum absolute atomic E-state index is 12.5. The third-order valence-electron chi connectivity index (χ3n) is 5.58. The number of guanidine groups is 1. The van der Waals surface area contributed by atoms with E-state index in [2.05, 4.69) is 26.3 Å². The van der Waals surface area contributed by atoms with Crippen LogP contribution in [0.5, 0.6) is 0 Å². The molecule has 2 atom stereocenters. The zero-order chi connectivity index (χ0) is 29.1. The summed E-state index contributed by atoms with van der Waals surface area (Å²) in [5, 5.41) is 32.0. The van der Waals surface area contributed by atoms with Gasteiger partial charge in [-0.1, -0.05) is 0 Å². The van der Waals surface area contributed by atoms with Crippen LogP contribution in [0, 0.1) is 20.2 Å². The Balaban J connectivity index is 1.61. The summed E-state index contributed by atoms with van der Waals surface area (Å²) in [4.78, 5) is 61.9. The zero-order valence-corrected chi connectivity index (χ0v) is 21.3. The fraction of sp³-hybridized carbons (Fsp3) is 0.333. The van der Waals surface area contributed by atoms with E-state index in [0.29, 0.717) is 17.7 Å². The highest BCUT2D eigenvalue weighted by Crippen LogP contribution is 2.13. The number of hydrogen-bond donors (Lipinski definition) is 4. The fourth-order valence-corrected chi connectivity index (χ4v) is 3.44. The second-order valence-electron chi connectivity index (χ2n) is 8.60. The zero-order valence-electron chi connectivity index (χ0n) is 21.3. The van der Waals surface area contributed by atoms with Crippen LogP contribution < -0.4 is 21.3 Å². The summed E-state index contributed by atoms with van der Waals surface area (Å²) >= 11 is 0. The molecule has 0 aliphatic carbocycles. The van der Waals surface area contributed by atoms with Crippen molar-refractivity contribution in [3.8, 4) is 0 Å². The lowest BCUT2D eigenvalue weighted by atomic mass is 10.2. The van der Waals surface area contributed by atoms with Crippen molar-refractivity contribution in [3.05, 3.63) is 79.9 Å². The van der Waals surface area contributed by atoms with Gasteiger partial charge in [0.25, 0.3) is 11.4 Å². The summed E-state index contributed by atoms with van der Waals surface area (Å²) in [5.74, 6) is -0.858.